The average molecular weight is 763 g/mol. The zero-order valence-electron chi connectivity index (χ0n) is 31.1. The molecular weight excluding hydrogens is 711 g/mol. The molecule has 0 fully saturated rings. The van der Waals surface area contributed by atoms with Crippen LogP contribution in [0, 0.1) is 0 Å². The Hall–Kier alpha value is -3.42. The molecule has 1 atom stereocenters. The third-order valence-electron chi connectivity index (χ3n) is 8.79. The van der Waals surface area contributed by atoms with E-state index in [1.54, 1.807) is 60.7 Å². The SMILES string of the molecule is CCCCCCCCOC(=O)CC(C(=O)OCCCCCCCC)S(=O)(=O)[O-].O=C1OC(c2ccc(O)cc2)(c2ccc(O)cc2)c2ccccc21.[Na+]. The number of rotatable bonds is 20. The number of aromatic hydroxyl groups is 2. The van der Waals surface area contributed by atoms with E-state index >= 15 is 0 Å². The third-order valence-corrected chi connectivity index (χ3v) is 9.84. The molecular formula is C40H51NaO11S. The predicted molar refractivity (Wildman–Crippen MR) is 195 cm³/mol. The Bertz CT molecular complexity index is 1630. The first-order valence-corrected chi connectivity index (χ1v) is 19.6. The second-order valence-electron chi connectivity index (χ2n) is 12.8. The molecule has 0 radical (unpaired) electrons. The molecule has 3 aromatic carbocycles. The van der Waals surface area contributed by atoms with Gasteiger partial charge in [-0.1, -0.05) is 121 Å². The number of unbranched alkanes of at least 4 members (excludes halogenated alkanes) is 10. The average Bonchev–Trinajstić information content (AvgIpc) is 3.43. The maximum absolute atomic E-state index is 12.4. The van der Waals surface area contributed by atoms with Crippen LogP contribution in [0.25, 0.3) is 0 Å². The molecule has 3 aromatic rings. The van der Waals surface area contributed by atoms with E-state index in [9.17, 15) is 37.6 Å². The molecule has 13 heteroatoms. The molecule has 1 aliphatic rings. The minimum absolute atomic E-state index is 0. The molecule has 2 N–H and O–H groups in total. The number of ether oxygens (including phenoxy) is 3. The van der Waals surface area contributed by atoms with Crippen molar-refractivity contribution < 1.29 is 81.3 Å². The topological polar surface area (TPSA) is 177 Å². The Labute approximate surface area is 335 Å². The maximum atomic E-state index is 12.4. The van der Waals surface area contributed by atoms with Crippen LogP contribution in [-0.4, -0.2) is 59.6 Å². The zero-order valence-corrected chi connectivity index (χ0v) is 33.9. The van der Waals surface area contributed by atoms with Crippen molar-refractivity contribution in [1.82, 2.24) is 0 Å². The zero-order chi connectivity index (χ0) is 38.0. The van der Waals surface area contributed by atoms with Crippen molar-refractivity contribution in [2.75, 3.05) is 13.2 Å². The minimum Gasteiger partial charge on any atom is -0.747 e. The van der Waals surface area contributed by atoms with E-state index in [2.05, 4.69) is 13.8 Å². The number of benzene rings is 3. The van der Waals surface area contributed by atoms with Gasteiger partial charge in [0.2, 0.25) is 0 Å². The molecule has 0 amide bonds. The summed E-state index contributed by atoms with van der Waals surface area (Å²) in [7, 11) is -4.98. The summed E-state index contributed by atoms with van der Waals surface area (Å²) in [6, 6.07) is 20.4. The van der Waals surface area contributed by atoms with Crippen molar-refractivity contribution in [3.63, 3.8) is 0 Å². The quantitative estimate of drug-likeness (QED) is 0.0538. The molecule has 53 heavy (non-hydrogen) atoms. The Morgan fingerprint density at radius 3 is 1.66 bits per heavy atom. The Morgan fingerprint density at radius 1 is 0.717 bits per heavy atom. The van der Waals surface area contributed by atoms with Crippen molar-refractivity contribution in [1.29, 1.82) is 0 Å². The van der Waals surface area contributed by atoms with Gasteiger partial charge < -0.3 is 29.0 Å². The number of phenolic OH excluding ortho intramolecular Hbond substituents is 2. The van der Waals surface area contributed by atoms with E-state index in [0.29, 0.717) is 18.4 Å². The number of carbonyl (C=O) groups is 3. The van der Waals surface area contributed by atoms with Crippen molar-refractivity contribution >= 4 is 28.0 Å². The number of fused-ring (bicyclic) bond motifs is 1. The smallest absolute Gasteiger partial charge is 0.747 e. The summed E-state index contributed by atoms with van der Waals surface area (Å²) in [4.78, 5) is 36.2. The van der Waals surface area contributed by atoms with Crippen LogP contribution in [0.2, 0.25) is 0 Å². The molecule has 11 nitrogen and oxygen atoms in total. The summed E-state index contributed by atoms with van der Waals surface area (Å²) in [5.74, 6) is -2.16. The summed E-state index contributed by atoms with van der Waals surface area (Å²) in [5.41, 5.74) is 1.60. The van der Waals surface area contributed by atoms with Crippen LogP contribution in [-0.2, 0) is 39.5 Å². The second-order valence-corrected chi connectivity index (χ2v) is 14.4. The summed E-state index contributed by atoms with van der Waals surface area (Å²) < 4.78 is 49.7. The Balaban J connectivity index is 0.000000362. The molecule has 284 valence electrons. The van der Waals surface area contributed by atoms with Crippen molar-refractivity contribution in [3.05, 3.63) is 95.1 Å². The summed E-state index contributed by atoms with van der Waals surface area (Å²) >= 11 is 0. The van der Waals surface area contributed by atoms with Gasteiger partial charge in [-0.2, -0.15) is 0 Å². The minimum atomic E-state index is -4.98. The van der Waals surface area contributed by atoms with Crippen molar-refractivity contribution in [2.45, 2.75) is 108 Å². The van der Waals surface area contributed by atoms with Crippen LogP contribution in [0.5, 0.6) is 11.5 Å². The van der Waals surface area contributed by atoms with Crippen molar-refractivity contribution in [3.8, 4) is 11.5 Å². The predicted octanol–water partition coefficient (Wildman–Crippen LogP) is 4.66. The van der Waals surface area contributed by atoms with Gasteiger partial charge in [-0.25, -0.2) is 13.2 Å². The molecule has 0 bridgehead atoms. The van der Waals surface area contributed by atoms with Crippen LogP contribution in [0.4, 0.5) is 0 Å². The fourth-order valence-corrected chi connectivity index (χ4v) is 6.58. The largest absolute Gasteiger partial charge is 1.00 e. The molecule has 1 heterocycles. The van der Waals surface area contributed by atoms with Gasteiger partial charge >= 0.3 is 47.5 Å². The van der Waals surface area contributed by atoms with Gasteiger partial charge in [0.15, 0.2) is 10.9 Å². The first-order valence-electron chi connectivity index (χ1n) is 18.1. The van der Waals surface area contributed by atoms with E-state index in [4.69, 9.17) is 14.2 Å². The van der Waals surface area contributed by atoms with Crippen LogP contribution < -0.4 is 29.6 Å². The molecule has 0 aliphatic carbocycles. The van der Waals surface area contributed by atoms with Gasteiger partial charge in [-0.05, 0) is 43.2 Å². The summed E-state index contributed by atoms with van der Waals surface area (Å²) in [6.45, 7) is 4.44. The Kier molecular flexibility index (Phi) is 20.2. The first kappa shape index (κ1) is 45.7. The van der Waals surface area contributed by atoms with Gasteiger partial charge in [0, 0.05) is 16.7 Å². The monoisotopic (exact) mass is 762 g/mol. The second kappa shape index (κ2) is 23.4. The van der Waals surface area contributed by atoms with Gasteiger partial charge in [0.25, 0.3) is 0 Å². The molecule has 0 saturated heterocycles. The Morgan fingerprint density at radius 2 is 1.17 bits per heavy atom. The molecule has 1 aliphatic heterocycles. The number of carbonyl (C=O) groups excluding carboxylic acids is 3. The third kappa shape index (κ3) is 14.1. The number of hydrogen-bond donors (Lipinski definition) is 2. The van der Waals surface area contributed by atoms with Crippen LogP contribution in [0.15, 0.2) is 72.8 Å². The van der Waals surface area contributed by atoms with Gasteiger partial charge in [-0.15, -0.1) is 0 Å². The standard InChI is InChI=1S/C20H38O7S.C20H14O4.Na/c1-3-5-7-9-11-13-15-26-19(21)17-18(28(23,24)25)20(22)27-16-14-12-10-8-6-4-2;21-15-9-5-13(6-10-15)20(14-7-11-16(22)12-8-14)18-4-2-1-3-17(18)19(23)24-20;/h18H,3-17H2,1-2H3,(H,23,24,25);1-12,21-22H;/q;;+1/p-1. The van der Waals surface area contributed by atoms with Crippen LogP contribution >= 0.6 is 0 Å². The fourth-order valence-electron chi connectivity index (χ4n) is 5.93. The number of hydrogen-bond acceptors (Lipinski definition) is 11. The maximum Gasteiger partial charge on any atom is 1.00 e. The summed E-state index contributed by atoms with van der Waals surface area (Å²) in [5, 5.41) is 17.2. The summed E-state index contributed by atoms with van der Waals surface area (Å²) in [6.07, 6.45) is 11.2. The molecule has 0 spiro atoms. The van der Waals surface area contributed by atoms with Crippen LogP contribution in [0.3, 0.4) is 0 Å². The molecule has 1 unspecified atom stereocenters. The van der Waals surface area contributed by atoms with E-state index in [1.165, 1.54) is 6.42 Å². The van der Waals surface area contributed by atoms with E-state index in [-0.39, 0.29) is 54.3 Å². The molecule has 0 saturated carbocycles. The van der Waals surface area contributed by atoms with Gasteiger partial charge in [0.1, 0.15) is 21.6 Å². The number of phenols is 2. The molecule has 4 rings (SSSR count). The normalized spacial score (nSPS) is 13.4. The van der Waals surface area contributed by atoms with Crippen LogP contribution in [0.1, 0.15) is 124 Å². The van der Waals surface area contributed by atoms with E-state index in [0.717, 1.165) is 74.5 Å². The first-order chi connectivity index (χ1) is 24.9. The van der Waals surface area contributed by atoms with Gasteiger partial charge in [-0.3, -0.25) is 9.59 Å². The van der Waals surface area contributed by atoms with Gasteiger partial charge in [0.05, 0.1) is 25.2 Å². The number of esters is 3. The fraction of sp³-hybridized carbons (Fsp3) is 0.475. The number of cyclic esters (lactones) is 1. The van der Waals surface area contributed by atoms with Crippen molar-refractivity contribution in [2.24, 2.45) is 0 Å². The van der Waals surface area contributed by atoms with E-state index < -0.39 is 45.3 Å². The molecule has 0 aromatic heterocycles. The van der Waals surface area contributed by atoms with E-state index in [1.807, 2.05) is 12.1 Å².